The summed E-state index contributed by atoms with van der Waals surface area (Å²) < 4.78 is 66.9. The second-order valence-electron chi connectivity index (χ2n) is 5.83. The van der Waals surface area contributed by atoms with Gasteiger partial charge in [-0.25, -0.2) is 26.3 Å². The monoisotopic (exact) mass is 322 g/mol. The maximum atomic E-state index is 13.6. The van der Waals surface area contributed by atoms with E-state index >= 15 is 0 Å². The van der Waals surface area contributed by atoms with Gasteiger partial charge >= 0.3 is 0 Å². The first-order valence-electron chi connectivity index (χ1n) is 6.51. The fourth-order valence-corrected chi connectivity index (χ4v) is 3.98. The normalized spacial score (nSPS) is 22.2. The Balaban J connectivity index is 2.35. The fraction of sp³-hybridized carbons (Fsp3) is 0.538. The quantitative estimate of drug-likeness (QED) is 0.892. The summed E-state index contributed by atoms with van der Waals surface area (Å²) >= 11 is 0. The molecule has 1 fully saturated rings. The van der Waals surface area contributed by atoms with E-state index in [1.165, 1.54) is 0 Å². The lowest BCUT2D eigenvalue weighted by Gasteiger charge is -2.39. The van der Waals surface area contributed by atoms with E-state index < -0.39 is 43.8 Å². The second-order valence-corrected chi connectivity index (χ2v) is 7.48. The Labute approximate surface area is 121 Å². The minimum atomic E-state index is -4.40. The molecule has 0 aromatic heterocycles. The van der Waals surface area contributed by atoms with E-state index in [2.05, 4.69) is 10.0 Å². The molecule has 2 N–H and O–H groups in total. The van der Waals surface area contributed by atoms with E-state index in [9.17, 15) is 21.6 Å². The number of hydrogen-bond acceptors (Lipinski definition) is 3. The first-order valence-corrected chi connectivity index (χ1v) is 7.99. The van der Waals surface area contributed by atoms with Crippen molar-refractivity contribution in [3.8, 4) is 0 Å². The van der Waals surface area contributed by atoms with Gasteiger partial charge in [0.05, 0.1) is 0 Å². The van der Waals surface area contributed by atoms with Crippen LogP contribution < -0.4 is 10.0 Å². The molecule has 118 valence electrons. The van der Waals surface area contributed by atoms with Crippen LogP contribution in [0.2, 0.25) is 0 Å². The van der Waals surface area contributed by atoms with Crippen molar-refractivity contribution in [3.63, 3.8) is 0 Å². The summed E-state index contributed by atoms with van der Waals surface area (Å²) in [5, 5.41) is 3.13. The van der Waals surface area contributed by atoms with Gasteiger partial charge in [-0.3, -0.25) is 0 Å². The third kappa shape index (κ3) is 3.38. The number of piperidine rings is 1. The molecule has 8 heteroatoms. The molecule has 1 unspecified atom stereocenters. The standard InChI is InChI=1S/C13H17F3N2O2S/c1-13(2)7-17-4-3-11(13)18-21(19,20)12-9(15)5-8(14)6-10(12)16/h5-6,11,17-18H,3-4,7H2,1-2H3. The Morgan fingerprint density at radius 2 is 1.81 bits per heavy atom. The summed E-state index contributed by atoms with van der Waals surface area (Å²) in [6.45, 7) is 4.88. The number of sulfonamides is 1. The van der Waals surface area contributed by atoms with Crippen LogP contribution in [0.4, 0.5) is 13.2 Å². The smallest absolute Gasteiger partial charge is 0.246 e. The molecule has 2 rings (SSSR count). The molecule has 1 aromatic rings. The molecule has 1 heterocycles. The first-order chi connectivity index (χ1) is 9.63. The highest BCUT2D eigenvalue weighted by Crippen LogP contribution is 2.28. The summed E-state index contributed by atoms with van der Waals surface area (Å²) in [6, 6.07) is 0.240. The topological polar surface area (TPSA) is 58.2 Å². The van der Waals surface area contributed by atoms with Crippen LogP contribution in [0.1, 0.15) is 20.3 Å². The first kappa shape index (κ1) is 16.3. The molecule has 1 aliphatic heterocycles. The molecular weight excluding hydrogens is 305 g/mol. The zero-order valence-electron chi connectivity index (χ0n) is 11.7. The van der Waals surface area contributed by atoms with Crippen molar-refractivity contribution in [1.82, 2.24) is 10.0 Å². The van der Waals surface area contributed by atoms with Crippen LogP contribution in [0.3, 0.4) is 0 Å². The Kier molecular flexibility index (Phi) is 4.32. The molecule has 1 aromatic carbocycles. The predicted molar refractivity (Wildman–Crippen MR) is 71.7 cm³/mol. The van der Waals surface area contributed by atoms with Gasteiger partial charge in [0.1, 0.15) is 17.5 Å². The highest BCUT2D eigenvalue weighted by Gasteiger charge is 2.37. The van der Waals surface area contributed by atoms with Crippen LogP contribution in [0.5, 0.6) is 0 Å². The molecule has 4 nitrogen and oxygen atoms in total. The number of halogens is 3. The molecule has 1 atom stereocenters. The van der Waals surface area contributed by atoms with Crippen molar-refractivity contribution in [2.45, 2.75) is 31.2 Å². The van der Waals surface area contributed by atoms with Crippen molar-refractivity contribution >= 4 is 10.0 Å². The summed E-state index contributed by atoms with van der Waals surface area (Å²) in [5.74, 6) is -4.04. The Bertz CT molecular complexity index is 624. The Hall–Kier alpha value is -1.12. The molecule has 1 saturated heterocycles. The third-order valence-corrected chi connectivity index (χ3v) is 5.19. The zero-order chi connectivity index (χ0) is 15.8. The molecule has 1 aliphatic rings. The van der Waals surface area contributed by atoms with Gasteiger partial charge < -0.3 is 5.32 Å². The van der Waals surface area contributed by atoms with E-state index in [4.69, 9.17) is 0 Å². The summed E-state index contributed by atoms with van der Waals surface area (Å²) in [5.41, 5.74) is -0.404. The third-order valence-electron chi connectivity index (χ3n) is 3.66. The van der Waals surface area contributed by atoms with Crippen molar-refractivity contribution in [1.29, 1.82) is 0 Å². The van der Waals surface area contributed by atoms with Gasteiger partial charge in [-0.2, -0.15) is 0 Å². The fourth-order valence-electron chi connectivity index (χ4n) is 2.42. The van der Waals surface area contributed by atoms with Crippen molar-refractivity contribution < 1.29 is 21.6 Å². The number of rotatable bonds is 3. The molecule has 0 spiro atoms. The second kappa shape index (κ2) is 5.58. The molecule has 21 heavy (non-hydrogen) atoms. The largest absolute Gasteiger partial charge is 0.316 e. The van der Waals surface area contributed by atoms with Gasteiger partial charge in [0.25, 0.3) is 0 Å². The molecule has 0 radical (unpaired) electrons. The maximum Gasteiger partial charge on any atom is 0.246 e. The van der Waals surface area contributed by atoms with E-state index in [1.54, 1.807) is 0 Å². The van der Waals surface area contributed by atoms with Crippen LogP contribution >= 0.6 is 0 Å². The SMILES string of the molecule is CC1(C)CNCCC1NS(=O)(=O)c1c(F)cc(F)cc1F. The van der Waals surface area contributed by atoms with Crippen LogP contribution in [0, 0.1) is 22.9 Å². The van der Waals surface area contributed by atoms with E-state index in [-0.39, 0.29) is 0 Å². The van der Waals surface area contributed by atoms with Gasteiger partial charge in [-0.05, 0) is 18.4 Å². The van der Waals surface area contributed by atoms with Gasteiger partial charge in [-0.15, -0.1) is 0 Å². The van der Waals surface area contributed by atoms with Crippen LogP contribution in [-0.4, -0.2) is 27.5 Å². The van der Waals surface area contributed by atoms with Crippen molar-refractivity contribution in [3.05, 3.63) is 29.6 Å². The average molecular weight is 322 g/mol. The van der Waals surface area contributed by atoms with E-state index in [1.807, 2.05) is 13.8 Å². The lowest BCUT2D eigenvalue weighted by molar-refractivity contribution is 0.206. The van der Waals surface area contributed by atoms with Gasteiger partial charge in [0, 0.05) is 24.7 Å². The van der Waals surface area contributed by atoms with Crippen molar-refractivity contribution in [2.75, 3.05) is 13.1 Å². The zero-order valence-corrected chi connectivity index (χ0v) is 12.5. The van der Waals surface area contributed by atoms with Crippen molar-refractivity contribution in [2.24, 2.45) is 5.41 Å². The lowest BCUT2D eigenvalue weighted by Crippen LogP contribution is -2.54. The van der Waals surface area contributed by atoms with Gasteiger partial charge in [0.2, 0.25) is 10.0 Å². The summed E-state index contributed by atoms with van der Waals surface area (Å²) in [4.78, 5) is -1.14. The molecule has 0 bridgehead atoms. The lowest BCUT2D eigenvalue weighted by atomic mass is 9.81. The molecule has 0 saturated carbocycles. The number of benzene rings is 1. The molecule has 0 amide bonds. The minimum absolute atomic E-state index is 0.352. The van der Waals surface area contributed by atoms with Crippen LogP contribution in [0.25, 0.3) is 0 Å². The van der Waals surface area contributed by atoms with E-state index in [0.29, 0.717) is 31.6 Å². The Morgan fingerprint density at radius 3 is 2.33 bits per heavy atom. The molecule has 0 aliphatic carbocycles. The molecular formula is C13H17F3N2O2S. The van der Waals surface area contributed by atoms with Gasteiger partial charge in [0.15, 0.2) is 4.90 Å². The average Bonchev–Trinajstić information content (AvgIpc) is 2.29. The van der Waals surface area contributed by atoms with E-state index in [0.717, 1.165) is 0 Å². The highest BCUT2D eigenvalue weighted by molar-refractivity contribution is 7.89. The minimum Gasteiger partial charge on any atom is -0.316 e. The Morgan fingerprint density at radius 1 is 1.24 bits per heavy atom. The number of hydrogen-bond donors (Lipinski definition) is 2. The van der Waals surface area contributed by atoms with Crippen LogP contribution in [-0.2, 0) is 10.0 Å². The summed E-state index contributed by atoms with van der Waals surface area (Å²) in [7, 11) is -4.40. The maximum absolute atomic E-state index is 13.6. The van der Waals surface area contributed by atoms with Crippen LogP contribution in [0.15, 0.2) is 17.0 Å². The number of nitrogens with one attached hydrogen (secondary N) is 2. The highest BCUT2D eigenvalue weighted by atomic mass is 32.2. The van der Waals surface area contributed by atoms with Gasteiger partial charge in [-0.1, -0.05) is 13.8 Å². The summed E-state index contributed by atoms with van der Waals surface area (Å²) in [6.07, 6.45) is 0.497. The predicted octanol–water partition coefficient (Wildman–Crippen LogP) is 1.77.